The van der Waals surface area contributed by atoms with E-state index in [0.29, 0.717) is 17.7 Å². The fraction of sp³-hybridized carbons (Fsp3) is 0.577. The number of rotatable bonds is 10. The number of hydrogen-bond donors (Lipinski definition) is 2. The highest BCUT2D eigenvalue weighted by Gasteiger charge is 2.34. The highest BCUT2D eigenvalue weighted by atomic mass is 32.2. The molecule has 2 aliphatic rings. The summed E-state index contributed by atoms with van der Waals surface area (Å²) in [5.41, 5.74) is 1.20. The molecule has 0 unspecified atom stereocenters. The third kappa shape index (κ3) is 7.95. The topological polar surface area (TPSA) is 91.8 Å². The molecule has 1 heterocycles. The number of amides is 2. The molecule has 2 aromatic rings. The zero-order chi connectivity index (χ0) is 24.5. The lowest BCUT2D eigenvalue weighted by Gasteiger charge is -2.42. The predicted molar refractivity (Wildman–Crippen MR) is 140 cm³/mol. The molecule has 2 saturated carbocycles. The summed E-state index contributed by atoms with van der Waals surface area (Å²) < 4.78 is 6.79. The predicted octanol–water partition coefficient (Wildman–Crippen LogP) is 6.26. The van der Waals surface area contributed by atoms with Gasteiger partial charge in [0.05, 0.1) is 22.8 Å². The number of thiazole rings is 1. The second-order valence-electron chi connectivity index (χ2n) is 9.47. The molecule has 190 valence electrons. The molecule has 0 radical (unpaired) electrons. The van der Waals surface area contributed by atoms with E-state index in [0.717, 1.165) is 49.3 Å². The van der Waals surface area contributed by atoms with Gasteiger partial charge < -0.3 is 14.7 Å². The third-order valence-corrected chi connectivity index (χ3v) is 9.01. The lowest BCUT2D eigenvalue weighted by atomic mass is 9.84. The summed E-state index contributed by atoms with van der Waals surface area (Å²) in [7, 11) is 0. The number of nitrogens with zero attached hydrogens (tertiary/aromatic N) is 2. The number of carboxylic acids is 1. The second-order valence-corrected chi connectivity index (χ2v) is 11.8. The van der Waals surface area contributed by atoms with E-state index in [2.05, 4.69) is 27.3 Å². The third-order valence-electron chi connectivity index (χ3n) is 6.91. The van der Waals surface area contributed by atoms with E-state index in [1.54, 1.807) is 6.20 Å². The van der Waals surface area contributed by atoms with Crippen LogP contribution >= 0.6 is 23.1 Å². The van der Waals surface area contributed by atoms with Crippen molar-refractivity contribution in [2.45, 2.75) is 80.7 Å². The maximum atomic E-state index is 13.5. The Bertz CT molecular complexity index is 941. The van der Waals surface area contributed by atoms with Crippen LogP contribution in [0, 0.1) is 5.92 Å². The Balaban J connectivity index is 1.31. The second kappa shape index (κ2) is 13.3. The molecule has 9 heteroatoms. The van der Waals surface area contributed by atoms with E-state index in [4.69, 9.17) is 9.84 Å². The van der Waals surface area contributed by atoms with Crippen molar-refractivity contribution in [1.82, 2.24) is 9.88 Å². The summed E-state index contributed by atoms with van der Waals surface area (Å²) in [6, 6.07) is 10.7. The fourth-order valence-corrected chi connectivity index (χ4v) is 6.75. The van der Waals surface area contributed by atoms with Crippen molar-refractivity contribution >= 4 is 40.2 Å². The van der Waals surface area contributed by atoms with Crippen molar-refractivity contribution < 1.29 is 19.4 Å². The van der Waals surface area contributed by atoms with Gasteiger partial charge in [-0.1, -0.05) is 60.9 Å². The molecule has 1 aromatic heterocycles. The van der Waals surface area contributed by atoms with Crippen molar-refractivity contribution in [3.63, 3.8) is 0 Å². The number of anilines is 1. The van der Waals surface area contributed by atoms with Gasteiger partial charge in [-0.25, -0.2) is 9.78 Å². The molecule has 1 aromatic carbocycles. The average Bonchev–Trinajstić information content (AvgIpc) is 3.32. The molecule has 35 heavy (non-hydrogen) atoms. The molecule has 4 rings (SSSR count). The summed E-state index contributed by atoms with van der Waals surface area (Å²) in [6.45, 7) is 1.42. The van der Waals surface area contributed by atoms with E-state index in [-0.39, 0.29) is 23.9 Å². The van der Waals surface area contributed by atoms with Gasteiger partial charge in [0, 0.05) is 18.7 Å². The van der Waals surface area contributed by atoms with Gasteiger partial charge in [0.25, 0.3) is 0 Å². The van der Waals surface area contributed by atoms with Crippen LogP contribution in [0.2, 0.25) is 0 Å². The first-order chi connectivity index (χ1) is 17.1. The Hall–Kier alpha value is -2.10. The summed E-state index contributed by atoms with van der Waals surface area (Å²) in [6.07, 6.45) is 11.5. The van der Waals surface area contributed by atoms with Crippen LogP contribution in [0.1, 0.15) is 63.4 Å². The first kappa shape index (κ1) is 26.0. The highest BCUT2D eigenvalue weighted by molar-refractivity contribution is 8.01. The number of carboxylic acid groups (broad SMARTS) is 1. The first-order valence-electron chi connectivity index (χ1n) is 12.6. The Kier molecular flexibility index (Phi) is 9.85. The lowest BCUT2D eigenvalue weighted by molar-refractivity contribution is -0.133. The molecule has 0 atom stereocenters. The summed E-state index contributed by atoms with van der Waals surface area (Å²) >= 11 is 2.56. The zero-order valence-corrected chi connectivity index (χ0v) is 21.7. The van der Waals surface area contributed by atoms with Gasteiger partial charge in [0.2, 0.25) is 0 Å². The summed E-state index contributed by atoms with van der Waals surface area (Å²) in [4.78, 5) is 30.7. The fourth-order valence-electron chi connectivity index (χ4n) is 5.17. The van der Waals surface area contributed by atoms with E-state index < -0.39 is 5.97 Å². The molecular weight excluding hydrogens is 482 g/mol. The van der Waals surface area contributed by atoms with Crippen LogP contribution in [0.3, 0.4) is 0 Å². The monoisotopic (exact) mass is 517 g/mol. The SMILES string of the molecule is O=C(O)CSc1cnc(NC(=O)N(C2CCCCC2)[C@H]2CC[C@H](COCc3ccccc3)CC2)s1. The maximum absolute atomic E-state index is 13.5. The van der Waals surface area contributed by atoms with E-state index in [1.807, 2.05) is 18.2 Å². The van der Waals surface area contributed by atoms with E-state index >= 15 is 0 Å². The number of carbonyl (C=O) groups is 2. The smallest absolute Gasteiger partial charge is 0.324 e. The normalized spacial score (nSPS) is 20.9. The van der Waals surface area contributed by atoms with Gasteiger partial charge in [-0.2, -0.15) is 0 Å². The standard InChI is InChI=1S/C26H35N3O4S2/c30-23(31)18-34-24-15-27-25(35-24)28-26(32)29(21-9-5-2-6-10-21)22-13-11-20(12-14-22)17-33-16-19-7-3-1-4-8-19/h1,3-4,7-8,15,20-22H,2,5-6,9-14,16-18H2,(H,30,31)(H,27,28,32)/t20-,22-. The number of carbonyl (C=O) groups excluding carboxylic acids is 1. The number of urea groups is 1. The number of thioether (sulfide) groups is 1. The van der Waals surface area contributed by atoms with Crippen LogP contribution in [0.5, 0.6) is 0 Å². The Morgan fingerprint density at radius 1 is 1.06 bits per heavy atom. The van der Waals surface area contributed by atoms with Gasteiger partial charge in [0.15, 0.2) is 5.13 Å². The van der Waals surface area contributed by atoms with Gasteiger partial charge in [0.1, 0.15) is 0 Å². The van der Waals surface area contributed by atoms with Crippen LogP contribution in [-0.4, -0.2) is 51.4 Å². The van der Waals surface area contributed by atoms with Crippen molar-refractivity contribution in [3.05, 3.63) is 42.1 Å². The van der Waals surface area contributed by atoms with Crippen molar-refractivity contribution in [3.8, 4) is 0 Å². The molecule has 2 fully saturated rings. The quantitative estimate of drug-likeness (QED) is 0.361. The molecule has 0 saturated heterocycles. The first-order valence-corrected chi connectivity index (χ1v) is 14.4. The minimum atomic E-state index is -0.862. The van der Waals surface area contributed by atoms with Gasteiger partial charge >= 0.3 is 12.0 Å². The van der Waals surface area contributed by atoms with Crippen molar-refractivity contribution in [1.29, 1.82) is 0 Å². The van der Waals surface area contributed by atoms with Crippen LogP contribution in [0.4, 0.5) is 9.93 Å². The Morgan fingerprint density at radius 3 is 2.49 bits per heavy atom. The molecule has 2 aliphatic carbocycles. The minimum absolute atomic E-state index is 0.0118. The van der Waals surface area contributed by atoms with Crippen LogP contribution in [-0.2, 0) is 16.1 Å². The molecule has 2 amide bonds. The van der Waals surface area contributed by atoms with Crippen molar-refractivity contribution in [2.75, 3.05) is 17.7 Å². The van der Waals surface area contributed by atoms with Gasteiger partial charge in [-0.3, -0.25) is 10.1 Å². The molecule has 0 aliphatic heterocycles. The number of nitrogens with one attached hydrogen (secondary N) is 1. The number of hydrogen-bond acceptors (Lipinski definition) is 6. The average molecular weight is 518 g/mol. The van der Waals surface area contributed by atoms with E-state index in [9.17, 15) is 9.59 Å². The van der Waals surface area contributed by atoms with Crippen LogP contribution < -0.4 is 5.32 Å². The van der Waals surface area contributed by atoms with E-state index in [1.165, 1.54) is 47.9 Å². The zero-order valence-electron chi connectivity index (χ0n) is 20.1. The maximum Gasteiger partial charge on any atom is 0.324 e. The lowest BCUT2D eigenvalue weighted by Crippen LogP contribution is -2.51. The summed E-state index contributed by atoms with van der Waals surface area (Å²) in [5, 5.41) is 12.4. The highest BCUT2D eigenvalue weighted by Crippen LogP contribution is 2.34. The Morgan fingerprint density at radius 2 is 1.77 bits per heavy atom. The largest absolute Gasteiger partial charge is 0.481 e. The molecule has 2 N–H and O–H groups in total. The van der Waals surface area contributed by atoms with Crippen molar-refractivity contribution in [2.24, 2.45) is 5.92 Å². The number of aliphatic carboxylic acids is 1. The van der Waals surface area contributed by atoms with Crippen LogP contribution in [0.15, 0.2) is 40.7 Å². The molecule has 7 nitrogen and oxygen atoms in total. The Labute approximate surface area is 215 Å². The van der Waals surface area contributed by atoms with Gasteiger partial charge in [-0.15, -0.1) is 11.8 Å². The summed E-state index contributed by atoms with van der Waals surface area (Å²) in [5.74, 6) is -0.334. The number of aromatic nitrogens is 1. The van der Waals surface area contributed by atoms with Gasteiger partial charge in [-0.05, 0) is 50.0 Å². The van der Waals surface area contributed by atoms with Crippen LogP contribution in [0.25, 0.3) is 0 Å². The minimum Gasteiger partial charge on any atom is -0.481 e. The number of benzene rings is 1. The number of ether oxygens (including phenoxy) is 1. The molecule has 0 bridgehead atoms. The molecular formula is C26H35N3O4S2. The molecule has 0 spiro atoms.